The largest absolute Gasteiger partial charge is 0.497 e. The predicted octanol–water partition coefficient (Wildman–Crippen LogP) is 1.97. The van der Waals surface area contributed by atoms with Gasteiger partial charge in [0.15, 0.2) is 0 Å². The maximum atomic E-state index is 12.5. The highest BCUT2D eigenvalue weighted by molar-refractivity contribution is 5.80. The number of carbonyl (C=O) groups is 2. The van der Waals surface area contributed by atoms with Gasteiger partial charge in [0.05, 0.1) is 18.1 Å². The van der Waals surface area contributed by atoms with E-state index in [2.05, 4.69) is 9.97 Å². The summed E-state index contributed by atoms with van der Waals surface area (Å²) in [6.45, 7) is 4.54. The van der Waals surface area contributed by atoms with Crippen molar-refractivity contribution in [1.82, 2.24) is 19.8 Å². The van der Waals surface area contributed by atoms with Crippen LogP contribution in [0.4, 0.5) is 0 Å². The van der Waals surface area contributed by atoms with Crippen LogP contribution in [0.5, 0.6) is 5.75 Å². The van der Waals surface area contributed by atoms with E-state index in [1.54, 1.807) is 12.0 Å². The molecule has 7 heteroatoms. The summed E-state index contributed by atoms with van der Waals surface area (Å²) >= 11 is 0. The fourth-order valence-corrected chi connectivity index (χ4v) is 3.32. The summed E-state index contributed by atoms with van der Waals surface area (Å²) < 4.78 is 5.23. The molecule has 1 aliphatic rings. The van der Waals surface area contributed by atoms with Gasteiger partial charge in [-0.25, -0.2) is 4.98 Å². The number of ether oxygens (including phenoxy) is 1. The second kappa shape index (κ2) is 8.21. The first kappa shape index (κ1) is 18.2. The molecule has 0 saturated carbocycles. The van der Waals surface area contributed by atoms with Crippen LogP contribution in [0, 0.1) is 0 Å². The highest BCUT2D eigenvalue weighted by Gasteiger charge is 2.21. The molecule has 0 atom stereocenters. The smallest absolute Gasteiger partial charge is 0.224 e. The lowest BCUT2D eigenvalue weighted by molar-refractivity contribution is -0.132. The Morgan fingerprint density at radius 2 is 2.27 bits per heavy atom. The van der Waals surface area contributed by atoms with Gasteiger partial charge in [-0.2, -0.15) is 0 Å². The molecule has 1 saturated heterocycles. The summed E-state index contributed by atoms with van der Waals surface area (Å²) in [5.41, 5.74) is 1.82. The van der Waals surface area contributed by atoms with E-state index in [9.17, 15) is 9.59 Å². The third-order valence-electron chi connectivity index (χ3n) is 4.86. The zero-order chi connectivity index (χ0) is 18.5. The van der Waals surface area contributed by atoms with Gasteiger partial charge in [0.25, 0.3) is 0 Å². The number of rotatable bonds is 8. The van der Waals surface area contributed by atoms with Crippen LogP contribution in [0.1, 0.15) is 32.0 Å². The highest BCUT2D eigenvalue weighted by Crippen LogP contribution is 2.19. The van der Waals surface area contributed by atoms with Crippen molar-refractivity contribution >= 4 is 22.8 Å². The molecule has 2 amide bonds. The molecule has 140 valence electrons. The molecule has 0 radical (unpaired) electrons. The SMILES string of the molecule is CCN(CCc1nc2ccc(OC)cc2[nH]1)C(=O)CCN1CCCC1=O. The molecule has 1 aromatic carbocycles. The molecule has 2 heterocycles. The number of hydrogen-bond acceptors (Lipinski definition) is 4. The van der Waals surface area contributed by atoms with Crippen molar-refractivity contribution < 1.29 is 14.3 Å². The molecule has 0 spiro atoms. The molecule has 0 unspecified atom stereocenters. The Balaban J connectivity index is 1.54. The Morgan fingerprint density at radius 3 is 2.96 bits per heavy atom. The Hall–Kier alpha value is -2.57. The number of aromatic amines is 1. The molecule has 1 N–H and O–H groups in total. The fraction of sp³-hybridized carbons (Fsp3) is 0.526. The Morgan fingerprint density at radius 1 is 1.42 bits per heavy atom. The third kappa shape index (κ3) is 4.15. The molecule has 0 aliphatic carbocycles. The second-order valence-electron chi connectivity index (χ2n) is 6.52. The van der Waals surface area contributed by atoms with Gasteiger partial charge in [-0.3, -0.25) is 9.59 Å². The lowest BCUT2D eigenvalue weighted by atomic mass is 10.3. The van der Waals surface area contributed by atoms with Gasteiger partial charge in [0, 0.05) is 51.5 Å². The minimum Gasteiger partial charge on any atom is -0.497 e. The van der Waals surface area contributed by atoms with E-state index in [-0.39, 0.29) is 11.8 Å². The van der Waals surface area contributed by atoms with Crippen LogP contribution in [0.25, 0.3) is 11.0 Å². The number of methoxy groups -OCH3 is 1. The maximum Gasteiger partial charge on any atom is 0.224 e. The van der Waals surface area contributed by atoms with E-state index in [0.717, 1.165) is 35.6 Å². The van der Waals surface area contributed by atoms with Gasteiger partial charge >= 0.3 is 0 Å². The average Bonchev–Trinajstić information content (AvgIpc) is 3.25. The molecule has 26 heavy (non-hydrogen) atoms. The Bertz CT molecular complexity index is 786. The lowest BCUT2D eigenvalue weighted by Crippen LogP contribution is -2.36. The molecule has 0 bridgehead atoms. The summed E-state index contributed by atoms with van der Waals surface area (Å²) in [6.07, 6.45) is 2.57. The molecule has 1 aromatic heterocycles. The quantitative estimate of drug-likeness (QED) is 0.783. The van der Waals surface area contributed by atoms with Crippen molar-refractivity contribution in [2.24, 2.45) is 0 Å². The van der Waals surface area contributed by atoms with Gasteiger partial charge in [-0.1, -0.05) is 0 Å². The summed E-state index contributed by atoms with van der Waals surface area (Å²) in [7, 11) is 1.64. The second-order valence-corrected chi connectivity index (χ2v) is 6.52. The van der Waals surface area contributed by atoms with E-state index >= 15 is 0 Å². The number of aromatic nitrogens is 2. The van der Waals surface area contributed by atoms with Crippen LogP contribution in [-0.2, 0) is 16.0 Å². The molecule has 7 nitrogen and oxygen atoms in total. The number of imidazole rings is 1. The first-order valence-corrected chi connectivity index (χ1v) is 9.19. The average molecular weight is 358 g/mol. The van der Waals surface area contributed by atoms with Gasteiger partial charge in [0.2, 0.25) is 11.8 Å². The van der Waals surface area contributed by atoms with E-state index in [1.165, 1.54) is 0 Å². The van der Waals surface area contributed by atoms with Crippen LogP contribution < -0.4 is 4.74 Å². The van der Waals surface area contributed by atoms with Crippen molar-refractivity contribution in [2.75, 3.05) is 33.3 Å². The van der Waals surface area contributed by atoms with Crippen molar-refractivity contribution in [3.63, 3.8) is 0 Å². The number of nitrogens with zero attached hydrogens (tertiary/aromatic N) is 3. The monoisotopic (exact) mass is 358 g/mol. The van der Waals surface area contributed by atoms with Crippen LogP contribution in [0.2, 0.25) is 0 Å². The summed E-state index contributed by atoms with van der Waals surface area (Å²) in [5.74, 6) is 1.90. The summed E-state index contributed by atoms with van der Waals surface area (Å²) in [4.78, 5) is 35.6. The minimum absolute atomic E-state index is 0.0879. The standard InChI is InChI=1S/C19H26N4O3/c1-3-22(19(25)9-12-23-10-4-5-18(23)24)11-8-17-20-15-7-6-14(26-2)13-16(15)21-17/h6-7,13H,3-5,8-12H2,1-2H3,(H,20,21). The van der Waals surface area contributed by atoms with Gasteiger partial charge in [-0.05, 0) is 25.5 Å². The van der Waals surface area contributed by atoms with E-state index in [1.807, 2.05) is 30.0 Å². The number of H-pyrrole nitrogens is 1. The highest BCUT2D eigenvalue weighted by atomic mass is 16.5. The van der Waals surface area contributed by atoms with E-state index < -0.39 is 0 Å². The normalized spacial score (nSPS) is 14.2. The first-order valence-electron chi connectivity index (χ1n) is 9.19. The number of likely N-dealkylation sites (N-methyl/N-ethyl adjacent to an activating group) is 1. The van der Waals surface area contributed by atoms with Crippen LogP contribution in [0.15, 0.2) is 18.2 Å². The van der Waals surface area contributed by atoms with Crippen molar-refractivity contribution in [2.45, 2.75) is 32.6 Å². The number of hydrogen-bond donors (Lipinski definition) is 1. The van der Waals surface area contributed by atoms with Crippen LogP contribution >= 0.6 is 0 Å². The van der Waals surface area contributed by atoms with Crippen LogP contribution in [-0.4, -0.2) is 64.9 Å². The van der Waals surface area contributed by atoms with Crippen molar-refractivity contribution in [1.29, 1.82) is 0 Å². The zero-order valence-corrected chi connectivity index (χ0v) is 15.5. The Kier molecular flexibility index (Phi) is 5.75. The molecular weight excluding hydrogens is 332 g/mol. The third-order valence-corrected chi connectivity index (χ3v) is 4.86. The summed E-state index contributed by atoms with van der Waals surface area (Å²) in [6, 6.07) is 5.72. The fourth-order valence-electron chi connectivity index (χ4n) is 3.32. The zero-order valence-electron chi connectivity index (χ0n) is 15.5. The number of nitrogens with one attached hydrogen (secondary N) is 1. The topological polar surface area (TPSA) is 78.5 Å². The van der Waals surface area contributed by atoms with E-state index in [4.69, 9.17) is 4.74 Å². The lowest BCUT2D eigenvalue weighted by Gasteiger charge is -2.22. The molecule has 3 rings (SSSR count). The van der Waals surface area contributed by atoms with Gasteiger partial charge < -0.3 is 19.5 Å². The number of carbonyl (C=O) groups excluding carboxylic acids is 2. The maximum absolute atomic E-state index is 12.5. The van der Waals surface area contributed by atoms with E-state index in [0.29, 0.717) is 38.9 Å². The van der Waals surface area contributed by atoms with Crippen LogP contribution in [0.3, 0.4) is 0 Å². The summed E-state index contributed by atoms with van der Waals surface area (Å²) in [5, 5.41) is 0. The number of fused-ring (bicyclic) bond motifs is 1. The number of amides is 2. The first-order chi connectivity index (χ1) is 12.6. The van der Waals surface area contributed by atoms with Gasteiger partial charge in [-0.15, -0.1) is 0 Å². The molecule has 1 fully saturated rings. The molecule has 1 aliphatic heterocycles. The van der Waals surface area contributed by atoms with Gasteiger partial charge in [0.1, 0.15) is 11.6 Å². The number of benzene rings is 1. The Labute approximate surface area is 153 Å². The van der Waals surface area contributed by atoms with Crippen molar-refractivity contribution in [3.05, 3.63) is 24.0 Å². The predicted molar refractivity (Wildman–Crippen MR) is 99.0 cm³/mol. The van der Waals surface area contributed by atoms with Crippen molar-refractivity contribution in [3.8, 4) is 5.75 Å². The molecule has 2 aromatic rings. The minimum atomic E-state index is 0.0879. The number of likely N-dealkylation sites (tertiary alicyclic amines) is 1. The molecular formula is C19H26N4O3.